The molecule has 0 saturated carbocycles. The summed E-state index contributed by atoms with van der Waals surface area (Å²) in [5.41, 5.74) is 5.92. The fourth-order valence-electron chi connectivity index (χ4n) is 7.64. The Kier molecular flexibility index (Phi) is 6.47. The predicted molar refractivity (Wildman–Crippen MR) is 217 cm³/mol. The van der Waals surface area contributed by atoms with E-state index in [9.17, 15) is 4.79 Å². The second-order valence-corrected chi connectivity index (χ2v) is 14.2. The van der Waals surface area contributed by atoms with Crippen LogP contribution in [-0.4, -0.2) is 19.5 Å². The molecule has 0 N–H and O–H groups in total. The molecule has 6 nitrogen and oxygen atoms in total. The van der Waals surface area contributed by atoms with Gasteiger partial charge in [0.05, 0.1) is 16.4 Å². The number of rotatable bonds is 4. The van der Waals surface area contributed by atoms with E-state index in [4.69, 9.17) is 19.4 Å². The average Bonchev–Trinajstić information content (AvgIpc) is 3.77. The molecule has 0 fully saturated rings. The minimum absolute atomic E-state index is 0.339. The minimum atomic E-state index is -0.339. The number of nitrogens with zero attached hydrogens (tertiary/aromatic N) is 4. The van der Waals surface area contributed by atoms with Gasteiger partial charge in [-0.15, -0.1) is 11.3 Å². The van der Waals surface area contributed by atoms with Gasteiger partial charge in [0.2, 0.25) is 0 Å². The molecule has 0 atom stereocenters. The van der Waals surface area contributed by atoms with Crippen LogP contribution in [0.4, 0.5) is 0 Å². The van der Waals surface area contributed by atoms with E-state index in [0.29, 0.717) is 28.4 Å². The van der Waals surface area contributed by atoms with Gasteiger partial charge in [-0.3, -0.25) is 0 Å². The second kappa shape index (κ2) is 11.5. The standard InChI is InChI=1S/C46H26N4O2S/c51-46-35-17-8-7-15-31(35)34-22-21-33-32-16-9-10-18-38(32)50(41(33)42(34)52-46)30-20-24-40-37(26-30)36-25-29(19-23-39(36)53-40)45-48-43(27-11-3-1-4-12-27)47-44(49-45)28-13-5-2-6-14-28/h1-26H. The van der Waals surface area contributed by atoms with E-state index >= 15 is 0 Å². The molecule has 0 aliphatic heterocycles. The van der Waals surface area contributed by atoms with Crippen LogP contribution in [0.5, 0.6) is 0 Å². The molecule has 248 valence electrons. The molecule has 7 heteroatoms. The van der Waals surface area contributed by atoms with Crippen LogP contribution in [0.15, 0.2) is 167 Å². The van der Waals surface area contributed by atoms with Crippen LogP contribution in [0.2, 0.25) is 0 Å². The molecule has 53 heavy (non-hydrogen) atoms. The Hall–Kier alpha value is -6.96. The summed E-state index contributed by atoms with van der Waals surface area (Å²) in [6, 6.07) is 53.4. The van der Waals surface area contributed by atoms with Crippen molar-refractivity contribution in [3.63, 3.8) is 0 Å². The third-order valence-corrected chi connectivity index (χ3v) is 11.2. The smallest absolute Gasteiger partial charge is 0.344 e. The highest BCUT2D eigenvalue weighted by Gasteiger charge is 2.20. The molecule has 0 bridgehead atoms. The molecular formula is C46H26N4O2S. The van der Waals surface area contributed by atoms with Gasteiger partial charge in [-0.25, -0.2) is 19.7 Å². The first-order valence-electron chi connectivity index (χ1n) is 17.4. The van der Waals surface area contributed by atoms with Gasteiger partial charge in [0.25, 0.3) is 0 Å². The largest absolute Gasteiger partial charge is 0.420 e. The van der Waals surface area contributed by atoms with Crippen molar-refractivity contribution in [3.05, 3.63) is 168 Å². The molecule has 11 aromatic rings. The molecule has 0 amide bonds. The summed E-state index contributed by atoms with van der Waals surface area (Å²) in [5, 5.41) is 6.74. The Bertz CT molecular complexity index is 3250. The molecule has 4 heterocycles. The van der Waals surface area contributed by atoms with E-state index in [1.54, 1.807) is 11.3 Å². The molecule has 0 spiro atoms. The third kappa shape index (κ3) is 4.64. The number of para-hydroxylation sites is 1. The van der Waals surface area contributed by atoms with Gasteiger partial charge in [-0.1, -0.05) is 103 Å². The first-order chi connectivity index (χ1) is 26.2. The second-order valence-electron chi connectivity index (χ2n) is 13.2. The van der Waals surface area contributed by atoms with Crippen LogP contribution in [0.3, 0.4) is 0 Å². The molecule has 0 saturated heterocycles. The maximum Gasteiger partial charge on any atom is 0.344 e. The maximum atomic E-state index is 13.3. The van der Waals surface area contributed by atoms with E-state index in [-0.39, 0.29) is 5.63 Å². The van der Waals surface area contributed by atoms with Crippen molar-refractivity contribution in [3.8, 4) is 39.9 Å². The molecule has 11 rings (SSSR count). The predicted octanol–water partition coefficient (Wildman–Crippen LogP) is 11.6. The molecule has 4 aromatic heterocycles. The number of fused-ring (bicyclic) bond motifs is 10. The number of hydrogen-bond donors (Lipinski definition) is 0. The van der Waals surface area contributed by atoms with Crippen LogP contribution in [-0.2, 0) is 0 Å². The van der Waals surface area contributed by atoms with Crippen LogP contribution >= 0.6 is 11.3 Å². The third-order valence-electron chi connectivity index (χ3n) is 10.1. The zero-order chi connectivity index (χ0) is 35.0. The van der Waals surface area contributed by atoms with E-state index in [2.05, 4.69) is 77.4 Å². The summed E-state index contributed by atoms with van der Waals surface area (Å²) < 4.78 is 10.8. The Labute approximate surface area is 305 Å². The number of hydrogen-bond acceptors (Lipinski definition) is 6. The highest BCUT2D eigenvalue weighted by Crippen LogP contribution is 2.41. The summed E-state index contributed by atoms with van der Waals surface area (Å²) in [5.74, 6) is 1.88. The molecule has 0 radical (unpaired) electrons. The zero-order valence-corrected chi connectivity index (χ0v) is 28.8. The van der Waals surface area contributed by atoms with Crippen molar-refractivity contribution in [2.24, 2.45) is 0 Å². The zero-order valence-electron chi connectivity index (χ0n) is 28.0. The fraction of sp³-hybridized carbons (Fsp3) is 0. The van der Waals surface area contributed by atoms with Gasteiger partial charge in [-0.05, 0) is 60.0 Å². The van der Waals surface area contributed by atoms with Gasteiger partial charge in [0.1, 0.15) is 0 Å². The highest BCUT2D eigenvalue weighted by atomic mass is 32.1. The Balaban J connectivity index is 1.14. The van der Waals surface area contributed by atoms with Crippen LogP contribution in [0.25, 0.3) is 104 Å². The van der Waals surface area contributed by atoms with Crippen LogP contribution in [0.1, 0.15) is 0 Å². The Morgan fingerprint density at radius 2 is 1.02 bits per heavy atom. The first-order valence-corrected chi connectivity index (χ1v) is 18.2. The van der Waals surface area contributed by atoms with Crippen molar-refractivity contribution in [2.75, 3.05) is 0 Å². The lowest BCUT2D eigenvalue weighted by molar-refractivity contribution is 0.572. The van der Waals surface area contributed by atoms with Gasteiger partial charge < -0.3 is 8.98 Å². The Morgan fingerprint density at radius 1 is 0.453 bits per heavy atom. The Morgan fingerprint density at radius 3 is 1.74 bits per heavy atom. The number of benzene rings is 7. The summed E-state index contributed by atoms with van der Waals surface area (Å²) >= 11 is 1.76. The van der Waals surface area contributed by atoms with Crippen LogP contribution < -0.4 is 5.63 Å². The van der Waals surface area contributed by atoms with Crippen molar-refractivity contribution in [2.45, 2.75) is 0 Å². The van der Waals surface area contributed by atoms with E-state index in [1.807, 2.05) is 84.9 Å². The van der Waals surface area contributed by atoms with Crippen molar-refractivity contribution in [1.29, 1.82) is 0 Å². The van der Waals surface area contributed by atoms with Gasteiger partial charge in [0.15, 0.2) is 23.1 Å². The lowest BCUT2D eigenvalue weighted by Gasteiger charge is -2.11. The van der Waals surface area contributed by atoms with E-state index < -0.39 is 0 Å². The SMILES string of the molecule is O=c1oc2c(ccc3c4ccccc4n(-c4ccc5sc6ccc(-c7nc(-c8ccccc8)nc(-c8ccccc8)n7)cc6c5c4)c32)c2ccccc12. The normalized spacial score (nSPS) is 11.8. The molecule has 0 aliphatic rings. The quantitative estimate of drug-likeness (QED) is 0.135. The summed E-state index contributed by atoms with van der Waals surface area (Å²) in [6.07, 6.45) is 0. The topological polar surface area (TPSA) is 73.8 Å². The molecule has 0 unspecified atom stereocenters. The van der Waals surface area contributed by atoms with Crippen LogP contribution in [0, 0.1) is 0 Å². The first kappa shape index (κ1) is 29.7. The lowest BCUT2D eigenvalue weighted by atomic mass is 10.1. The van der Waals surface area contributed by atoms with E-state index in [1.165, 1.54) is 9.40 Å². The van der Waals surface area contributed by atoms with Crippen molar-refractivity contribution < 1.29 is 4.42 Å². The molecule has 0 aliphatic carbocycles. The average molecular weight is 699 g/mol. The number of aromatic nitrogens is 4. The fourth-order valence-corrected chi connectivity index (χ4v) is 8.70. The van der Waals surface area contributed by atoms with E-state index in [0.717, 1.165) is 65.7 Å². The van der Waals surface area contributed by atoms with Crippen molar-refractivity contribution in [1.82, 2.24) is 19.5 Å². The minimum Gasteiger partial charge on any atom is -0.420 e. The lowest BCUT2D eigenvalue weighted by Crippen LogP contribution is -2.01. The monoisotopic (exact) mass is 698 g/mol. The summed E-state index contributed by atoms with van der Waals surface area (Å²) in [7, 11) is 0. The summed E-state index contributed by atoms with van der Waals surface area (Å²) in [6.45, 7) is 0. The molecular weight excluding hydrogens is 673 g/mol. The van der Waals surface area contributed by atoms with Crippen molar-refractivity contribution >= 4 is 75.1 Å². The van der Waals surface area contributed by atoms with Gasteiger partial charge >= 0.3 is 5.63 Å². The maximum absolute atomic E-state index is 13.3. The summed E-state index contributed by atoms with van der Waals surface area (Å²) in [4.78, 5) is 28.2. The number of thiophene rings is 1. The van der Waals surface area contributed by atoms with Gasteiger partial charge in [0, 0.05) is 58.7 Å². The van der Waals surface area contributed by atoms with Gasteiger partial charge in [-0.2, -0.15) is 0 Å². The highest BCUT2D eigenvalue weighted by molar-refractivity contribution is 7.25. The molecule has 7 aromatic carbocycles.